The first kappa shape index (κ1) is 21.1. The average molecular weight is 441 g/mol. The molecule has 0 bridgehead atoms. The smallest absolute Gasteiger partial charge is 0.271 e. The molecule has 31 heavy (non-hydrogen) atoms. The fourth-order valence-electron chi connectivity index (χ4n) is 3.73. The number of carbonyl (C=O) groups is 1. The minimum atomic E-state index is -0.440. The van der Waals surface area contributed by atoms with E-state index in [2.05, 4.69) is 10.4 Å². The van der Waals surface area contributed by atoms with E-state index in [1.165, 1.54) is 28.9 Å². The van der Waals surface area contributed by atoms with Crippen LogP contribution in [0.25, 0.3) is 5.69 Å². The highest BCUT2D eigenvalue weighted by molar-refractivity contribution is 6.31. The molecule has 3 aromatic rings. The molecule has 0 spiro atoms. The van der Waals surface area contributed by atoms with Crippen molar-refractivity contribution in [1.29, 1.82) is 0 Å². The monoisotopic (exact) mass is 440 g/mol. The molecule has 2 aromatic carbocycles. The third-order valence-corrected chi connectivity index (χ3v) is 5.73. The van der Waals surface area contributed by atoms with Crippen molar-refractivity contribution in [2.24, 2.45) is 5.92 Å². The minimum absolute atomic E-state index is 0.0388. The van der Waals surface area contributed by atoms with Gasteiger partial charge in [-0.05, 0) is 48.7 Å². The molecule has 1 N–H and O–H groups in total. The topological polar surface area (TPSA) is 67.2 Å². The van der Waals surface area contributed by atoms with Gasteiger partial charge in [0.1, 0.15) is 11.6 Å². The Morgan fingerprint density at radius 2 is 2.00 bits per heavy atom. The van der Waals surface area contributed by atoms with E-state index in [1.54, 1.807) is 18.2 Å². The molecule has 1 saturated heterocycles. The summed E-state index contributed by atoms with van der Waals surface area (Å²) in [5, 5.41) is 8.01. The van der Waals surface area contributed by atoms with Crippen LogP contribution in [0.15, 0.2) is 65.5 Å². The highest BCUT2D eigenvalue weighted by atomic mass is 35.5. The quantitative estimate of drug-likeness (QED) is 0.658. The second-order valence-corrected chi connectivity index (χ2v) is 7.92. The number of nitrogens with zero attached hydrogens (tertiary/aromatic N) is 3. The maximum Gasteiger partial charge on any atom is 0.271 e. The van der Waals surface area contributed by atoms with Crippen molar-refractivity contribution >= 4 is 23.3 Å². The number of anilines is 1. The summed E-state index contributed by atoms with van der Waals surface area (Å²) >= 11 is 6.17. The van der Waals surface area contributed by atoms with Crippen LogP contribution in [0.1, 0.15) is 18.4 Å². The normalized spacial score (nSPS) is 16.2. The molecular formula is C23H22ClFN4O2. The van der Waals surface area contributed by atoms with E-state index in [9.17, 15) is 14.0 Å². The van der Waals surface area contributed by atoms with E-state index in [1.807, 2.05) is 23.1 Å². The van der Waals surface area contributed by atoms with Crippen LogP contribution in [0.2, 0.25) is 5.02 Å². The van der Waals surface area contributed by atoms with Gasteiger partial charge in [0.05, 0.1) is 11.6 Å². The van der Waals surface area contributed by atoms with Gasteiger partial charge in [0.25, 0.3) is 5.56 Å². The summed E-state index contributed by atoms with van der Waals surface area (Å²) in [5.74, 6) is -0.104. The van der Waals surface area contributed by atoms with Crippen molar-refractivity contribution in [2.45, 2.75) is 19.4 Å². The number of piperidine rings is 1. The van der Waals surface area contributed by atoms with Gasteiger partial charge in [0, 0.05) is 30.7 Å². The van der Waals surface area contributed by atoms with Gasteiger partial charge in [0.2, 0.25) is 5.91 Å². The Hall–Kier alpha value is -3.19. The largest absolute Gasteiger partial charge is 0.354 e. The molecule has 1 aromatic heterocycles. The molecular weight excluding hydrogens is 419 g/mol. The van der Waals surface area contributed by atoms with E-state index in [0.717, 1.165) is 24.9 Å². The number of hydrogen-bond donors (Lipinski definition) is 1. The predicted octanol–water partition coefficient (Wildman–Crippen LogP) is 3.56. The summed E-state index contributed by atoms with van der Waals surface area (Å²) < 4.78 is 14.8. The SMILES string of the molecule is O=C(NCc1ccccc1Cl)C1CCCN(c2ccc(=O)n(-c3cccc(F)c3)n2)C1. The van der Waals surface area contributed by atoms with Gasteiger partial charge in [-0.1, -0.05) is 35.9 Å². The summed E-state index contributed by atoms with van der Waals surface area (Å²) in [6.45, 7) is 1.59. The Kier molecular flexibility index (Phi) is 6.32. The number of hydrogen-bond acceptors (Lipinski definition) is 4. The van der Waals surface area contributed by atoms with E-state index >= 15 is 0 Å². The summed E-state index contributed by atoms with van der Waals surface area (Å²) in [5.41, 5.74) is 0.882. The van der Waals surface area contributed by atoms with E-state index in [4.69, 9.17) is 11.6 Å². The summed E-state index contributed by atoms with van der Waals surface area (Å²) in [6.07, 6.45) is 1.60. The third-order valence-electron chi connectivity index (χ3n) is 5.37. The van der Waals surface area contributed by atoms with Crippen LogP contribution in [0.5, 0.6) is 0 Å². The van der Waals surface area contributed by atoms with Crippen LogP contribution in [0, 0.1) is 11.7 Å². The molecule has 1 aliphatic rings. The lowest BCUT2D eigenvalue weighted by Gasteiger charge is -2.33. The van der Waals surface area contributed by atoms with Gasteiger partial charge in [-0.15, -0.1) is 5.10 Å². The molecule has 6 nitrogen and oxygen atoms in total. The number of nitrogens with one attached hydrogen (secondary N) is 1. The lowest BCUT2D eigenvalue weighted by molar-refractivity contribution is -0.125. The maximum absolute atomic E-state index is 13.6. The van der Waals surface area contributed by atoms with E-state index in [0.29, 0.717) is 29.6 Å². The number of aromatic nitrogens is 2. The van der Waals surface area contributed by atoms with Crippen molar-refractivity contribution in [3.05, 3.63) is 87.4 Å². The Labute approximate surface area is 184 Å². The Balaban J connectivity index is 1.47. The molecule has 1 amide bonds. The molecule has 0 saturated carbocycles. The number of carbonyl (C=O) groups excluding carboxylic acids is 1. The predicted molar refractivity (Wildman–Crippen MR) is 118 cm³/mol. The van der Waals surface area contributed by atoms with E-state index in [-0.39, 0.29) is 17.4 Å². The summed E-state index contributed by atoms with van der Waals surface area (Å²) in [6, 6.07) is 16.2. The standard InChI is InChI=1S/C23H22ClFN4O2/c24-20-9-2-1-5-16(20)14-26-23(31)17-6-4-12-28(15-17)21-10-11-22(30)29(27-21)19-8-3-7-18(25)13-19/h1-3,5,7-11,13,17H,4,6,12,14-15H2,(H,26,31). The fraction of sp³-hybridized carbons (Fsp3) is 0.261. The van der Waals surface area contributed by atoms with Crippen LogP contribution < -0.4 is 15.8 Å². The zero-order valence-electron chi connectivity index (χ0n) is 16.8. The van der Waals surface area contributed by atoms with E-state index < -0.39 is 5.82 Å². The second kappa shape index (κ2) is 9.31. The lowest BCUT2D eigenvalue weighted by Crippen LogP contribution is -2.43. The van der Waals surface area contributed by atoms with Gasteiger partial charge in [0.15, 0.2) is 0 Å². The third kappa shape index (κ3) is 4.94. The molecule has 1 fully saturated rings. The average Bonchev–Trinajstić information content (AvgIpc) is 2.79. The van der Waals surface area contributed by atoms with Gasteiger partial charge >= 0.3 is 0 Å². The summed E-state index contributed by atoms with van der Waals surface area (Å²) in [7, 11) is 0. The lowest BCUT2D eigenvalue weighted by atomic mass is 9.97. The molecule has 1 unspecified atom stereocenters. The maximum atomic E-state index is 13.6. The van der Waals surface area contributed by atoms with Crippen LogP contribution >= 0.6 is 11.6 Å². The van der Waals surface area contributed by atoms with Crippen LogP contribution in [-0.4, -0.2) is 28.8 Å². The zero-order valence-corrected chi connectivity index (χ0v) is 17.6. The van der Waals surface area contributed by atoms with Gasteiger partial charge in [-0.2, -0.15) is 4.68 Å². The van der Waals surface area contributed by atoms with Crippen molar-refractivity contribution in [3.63, 3.8) is 0 Å². The molecule has 0 aliphatic carbocycles. The van der Waals surface area contributed by atoms with Crippen LogP contribution in [0.3, 0.4) is 0 Å². The first-order valence-electron chi connectivity index (χ1n) is 10.1. The van der Waals surface area contributed by atoms with Crippen LogP contribution in [0.4, 0.5) is 10.2 Å². The molecule has 1 atom stereocenters. The number of amides is 1. The molecule has 0 radical (unpaired) electrons. The first-order chi connectivity index (χ1) is 15.0. The zero-order chi connectivity index (χ0) is 21.8. The Morgan fingerprint density at radius 3 is 2.81 bits per heavy atom. The number of halogens is 2. The second-order valence-electron chi connectivity index (χ2n) is 7.52. The number of rotatable bonds is 5. The summed E-state index contributed by atoms with van der Waals surface area (Å²) in [4.78, 5) is 27.0. The van der Waals surface area contributed by atoms with Gasteiger partial charge < -0.3 is 10.2 Å². The van der Waals surface area contributed by atoms with Crippen molar-refractivity contribution in [1.82, 2.24) is 15.1 Å². The molecule has 2 heterocycles. The van der Waals surface area contributed by atoms with Gasteiger partial charge in [-0.3, -0.25) is 9.59 Å². The number of benzene rings is 2. The minimum Gasteiger partial charge on any atom is -0.354 e. The van der Waals surface area contributed by atoms with Crippen molar-refractivity contribution in [2.75, 3.05) is 18.0 Å². The van der Waals surface area contributed by atoms with Crippen molar-refractivity contribution in [3.8, 4) is 5.69 Å². The molecule has 4 rings (SSSR count). The molecule has 1 aliphatic heterocycles. The Morgan fingerprint density at radius 1 is 1.16 bits per heavy atom. The fourth-order valence-corrected chi connectivity index (χ4v) is 3.93. The highest BCUT2D eigenvalue weighted by Gasteiger charge is 2.27. The Bertz CT molecular complexity index is 1150. The first-order valence-corrected chi connectivity index (χ1v) is 10.5. The molecule has 160 valence electrons. The highest BCUT2D eigenvalue weighted by Crippen LogP contribution is 2.22. The van der Waals surface area contributed by atoms with Crippen molar-refractivity contribution < 1.29 is 9.18 Å². The van der Waals surface area contributed by atoms with Crippen LogP contribution in [-0.2, 0) is 11.3 Å². The molecule has 8 heteroatoms. The van der Waals surface area contributed by atoms with Gasteiger partial charge in [-0.25, -0.2) is 4.39 Å².